The molecular weight excluding hydrogens is 364 g/mol. The van der Waals surface area contributed by atoms with Crippen molar-refractivity contribution in [3.05, 3.63) is 58.4 Å². The topological polar surface area (TPSA) is 47.6 Å². The summed E-state index contributed by atoms with van der Waals surface area (Å²) >= 11 is 6.14. The first-order valence-corrected chi connectivity index (χ1v) is 8.23. The van der Waals surface area contributed by atoms with Crippen LogP contribution in [0, 0.1) is 5.82 Å². The number of hydrogen-bond acceptors (Lipinski definition) is 3. The van der Waals surface area contributed by atoms with E-state index in [1.54, 1.807) is 31.4 Å². The van der Waals surface area contributed by atoms with Gasteiger partial charge in [0.1, 0.15) is 23.9 Å². The van der Waals surface area contributed by atoms with Crippen molar-refractivity contribution in [3.63, 3.8) is 0 Å². The van der Waals surface area contributed by atoms with Crippen LogP contribution < -0.4 is 14.8 Å². The van der Waals surface area contributed by atoms with Crippen LogP contribution in [-0.2, 0) is 11.4 Å². The maximum absolute atomic E-state index is 13.9. The molecule has 0 saturated carbocycles. The van der Waals surface area contributed by atoms with Crippen LogP contribution in [0.25, 0.3) is 0 Å². The number of alkyl halides is 1. The molecular formula is C19H20ClF2NO3. The zero-order valence-corrected chi connectivity index (χ0v) is 15.4. The van der Waals surface area contributed by atoms with Crippen molar-refractivity contribution < 1.29 is 24.4 Å². The number of methoxy groups -OCH3 is 1. The number of amides is 1. The van der Waals surface area contributed by atoms with Crippen LogP contribution in [0.2, 0.25) is 5.02 Å². The van der Waals surface area contributed by atoms with Crippen LogP contribution in [0.3, 0.4) is 0 Å². The molecule has 0 bridgehead atoms. The fourth-order valence-electron chi connectivity index (χ4n) is 2.26. The largest absolute Gasteiger partial charge is 0.497 e. The molecule has 1 N–H and O–H groups in total. The first kappa shape index (κ1) is 18.5. The molecule has 2 aromatic rings. The van der Waals surface area contributed by atoms with E-state index < -0.39 is 23.9 Å². The minimum absolute atomic E-state index is 0.0412. The molecule has 0 radical (unpaired) electrons. The highest BCUT2D eigenvalue weighted by Crippen LogP contribution is 2.29. The van der Waals surface area contributed by atoms with E-state index >= 15 is 0 Å². The first-order chi connectivity index (χ1) is 12.6. The van der Waals surface area contributed by atoms with Gasteiger partial charge in [-0.25, -0.2) is 8.78 Å². The van der Waals surface area contributed by atoms with Crippen molar-refractivity contribution in [2.75, 3.05) is 7.11 Å². The number of ether oxygens (including phenoxy) is 2. The van der Waals surface area contributed by atoms with Crippen molar-refractivity contribution in [2.45, 2.75) is 32.6 Å². The van der Waals surface area contributed by atoms with Crippen LogP contribution in [0.5, 0.6) is 11.5 Å². The van der Waals surface area contributed by atoms with Gasteiger partial charge in [-0.1, -0.05) is 11.6 Å². The van der Waals surface area contributed by atoms with E-state index in [0.717, 1.165) is 19.1 Å². The Bertz CT molecular complexity index is 813. The van der Waals surface area contributed by atoms with Gasteiger partial charge < -0.3 is 14.8 Å². The summed E-state index contributed by atoms with van der Waals surface area (Å²) in [7, 11) is 1.54. The second kappa shape index (κ2) is 8.85. The summed E-state index contributed by atoms with van der Waals surface area (Å²) in [4.78, 5) is 11.7. The molecule has 0 fully saturated rings. The smallest absolute Gasteiger partial charge is 0.254 e. The normalized spacial score (nSPS) is 14.8. The summed E-state index contributed by atoms with van der Waals surface area (Å²) in [5, 5.41) is 2.28. The Labute approximate surface area is 157 Å². The van der Waals surface area contributed by atoms with Crippen LogP contribution in [0.1, 0.15) is 32.4 Å². The molecule has 26 heavy (non-hydrogen) atoms. The summed E-state index contributed by atoms with van der Waals surface area (Å²) in [6.07, 6.45) is -1.81. The van der Waals surface area contributed by atoms with Gasteiger partial charge in [0.25, 0.3) is 5.91 Å². The van der Waals surface area contributed by atoms with Crippen LogP contribution in [0.4, 0.5) is 8.78 Å². The summed E-state index contributed by atoms with van der Waals surface area (Å²) in [6, 6.07) is 7.15. The summed E-state index contributed by atoms with van der Waals surface area (Å²) in [6.45, 7) is 2.29. The number of rotatable bonds is 7. The average Bonchev–Trinajstić information content (AvgIpc) is 2.60. The van der Waals surface area contributed by atoms with E-state index in [1.165, 1.54) is 6.92 Å². The van der Waals surface area contributed by atoms with Crippen LogP contribution in [-0.4, -0.2) is 19.2 Å². The fraction of sp³-hybridized carbons (Fsp3) is 0.316. The van der Waals surface area contributed by atoms with Crippen molar-refractivity contribution in [3.8, 4) is 11.5 Å². The molecule has 2 rings (SSSR count). The molecule has 0 heterocycles. The monoisotopic (exact) mass is 384 g/mol. The zero-order valence-electron chi connectivity index (χ0n) is 15.6. The second-order valence-corrected chi connectivity index (χ2v) is 6.02. The van der Waals surface area contributed by atoms with Gasteiger partial charge in [0.05, 0.1) is 19.5 Å². The molecule has 2 atom stereocenters. The van der Waals surface area contributed by atoms with Crippen molar-refractivity contribution in [2.24, 2.45) is 0 Å². The van der Waals surface area contributed by atoms with E-state index in [0.29, 0.717) is 17.1 Å². The molecule has 4 nitrogen and oxygen atoms in total. The Hall–Kier alpha value is -2.34. The van der Waals surface area contributed by atoms with E-state index in [-0.39, 0.29) is 17.2 Å². The minimum Gasteiger partial charge on any atom is -0.497 e. The third-order valence-corrected chi connectivity index (χ3v) is 4.02. The lowest BCUT2D eigenvalue weighted by Gasteiger charge is -2.20. The van der Waals surface area contributed by atoms with Crippen LogP contribution >= 0.6 is 11.6 Å². The molecule has 7 heteroatoms. The van der Waals surface area contributed by atoms with Crippen LogP contribution in [0.15, 0.2) is 36.4 Å². The highest BCUT2D eigenvalue weighted by Gasteiger charge is 2.20. The van der Waals surface area contributed by atoms with Gasteiger partial charge >= 0.3 is 0 Å². The lowest BCUT2D eigenvalue weighted by atomic mass is 10.0. The molecule has 0 spiro atoms. The molecule has 0 aliphatic heterocycles. The molecule has 0 saturated heterocycles. The quantitative estimate of drug-likeness (QED) is 0.758. The van der Waals surface area contributed by atoms with E-state index in [1.807, 2.05) is 0 Å². The van der Waals surface area contributed by atoms with Crippen molar-refractivity contribution in [1.29, 1.82) is 0 Å². The first-order valence-electron chi connectivity index (χ1n) is 8.35. The van der Waals surface area contributed by atoms with E-state index in [2.05, 4.69) is 5.32 Å². The lowest BCUT2D eigenvalue weighted by Crippen LogP contribution is -2.33. The summed E-state index contributed by atoms with van der Waals surface area (Å²) < 4.78 is 46.2. The SMILES string of the molecule is [2H]C(C)(NC(=O)C(C)F)c1cc(F)cc(Cl)c1COc1ccc(OC)cc1. The van der Waals surface area contributed by atoms with Gasteiger partial charge in [-0.05, 0) is 55.8 Å². The number of hydrogen-bond donors (Lipinski definition) is 1. The number of carbonyl (C=O) groups excluding carboxylic acids is 1. The maximum atomic E-state index is 13.9. The van der Waals surface area contributed by atoms with Gasteiger partial charge in [0.2, 0.25) is 0 Å². The molecule has 0 aromatic heterocycles. The number of benzene rings is 2. The van der Waals surface area contributed by atoms with Gasteiger partial charge in [-0.15, -0.1) is 0 Å². The van der Waals surface area contributed by atoms with Crippen molar-refractivity contribution >= 4 is 17.5 Å². The molecule has 2 unspecified atom stereocenters. The standard InChI is InChI=1S/C19H20ClF2NO3/c1-11(21)19(24)23-12(2)16-8-13(22)9-18(20)17(16)10-26-15-6-4-14(25-3)5-7-15/h4-9,11-12H,10H2,1-3H3,(H,23,24)/i12D. The van der Waals surface area contributed by atoms with Gasteiger partial charge in [-0.2, -0.15) is 0 Å². The fourth-order valence-corrected chi connectivity index (χ4v) is 2.52. The highest BCUT2D eigenvalue weighted by molar-refractivity contribution is 6.31. The maximum Gasteiger partial charge on any atom is 0.254 e. The second-order valence-electron chi connectivity index (χ2n) is 5.61. The molecule has 1 amide bonds. The summed E-state index contributed by atoms with van der Waals surface area (Å²) in [5.41, 5.74) is 0.396. The zero-order chi connectivity index (χ0) is 20.2. The minimum atomic E-state index is -1.81. The van der Waals surface area contributed by atoms with Gasteiger partial charge in [0.15, 0.2) is 6.17 Å². The average molecular weight is 385 g/mol. The Morgan fingerprint density at radius 3 is 2.46 bits per heavy atom. The van der Waals surface area contributed by atoms with E-state index in [4.69, 9.17) is 22.4 Å². The Morgan fingerprint density at radius 2 is 1.88 bits per heavy atom. The van der Waals surface area contributed by atoms with Gasteiger partial charge in [0, 0.05) is 5.56 Å². The lowest BCUT2D eigenvalue weighted by molar-refractivity contribution is -0.126. The Morgan fingerprint density at radius 1 is 1.27 bits per heavy atom. The molecule has 0 aliphatic carbocycles. The van der Waals surface area contributed by atoms with Crippen molar-refractivity contribution in [1.82, 2.24) is 5.32 Å². The number of carbonyl (C=O) groups is 1. The summed E-state index contributed by atoms with van der Waals surface area (Å²) in [5.74, 6) is -0.487. The highest BCUT2D eigenvalue weighted by atomic mass is 35.5. The third-order valence-electron chi connectivity index (χ3n) is 3.68. The molecule has 2 aromatic carbocycles. The van der Waals surface area contributed by atoms with E-state index in [9.17, 15) is 13.6 Å². The predicted molar refractivity (Wildman–Crippen MR) is 95.9 cm³/mol. The Balaban J connectivity index is 2.30. The Kier molecular flexibility index (Phi) is 6.28. The molecule has 0 aliphatic rings. The van der Waals surface area contributed by atoms with Gasteiger partial charge in [-0.3, -0.25) is 4.79 Å². The number of nitrogens with one attached hydrogen (secondary N) is 1. The number of halogens is 3. The predicted octanol–water partition coefficient (Wildman–Crippen LogP) is 4.60. The third kappa shape index (κ3) is 5.08. The molecule has 140 valence electrons.